The molecule has 3 N–H and O–H groups in total. The molecule has 0 bridgehead atoms. The first-order valence-corrected chi connectivity index (χ1v) is 9.37. The summed E-state index contributed by atoms with van der Waals surface area (Å²) in [5, 5.41) is 2.83. The van der Waals surface area contributed by atoms with Gasteiger partial charge in [0.1, 0.15) is 0 Å². The number of nitrogens with one attached hydrogen (secondary N) is 1. The number of carbonyl (C=O) groups excluding carboxylic acids is 1. The lowest BCUT2D eigenvalue weighted by atomic mass is 10.1. The van der Waals surface area contributed by atoms with Gasteiger partial charge in [-0.2, -0.15) is 0 Å². The first-order valence-electron chi connectivity index (χ1n) is 6.73. The number of rotatable bonds is 4. The molecule has 0 aliphatic carbocycles. The SMILES string of the molecule is NCC#Cc1ccc(CNC(=O)CC2CCS(=O)(=O)C2)s1. The predicted octanol–water partition coefficient (Wildman–Crippen LogP) is 0.499. The predicted molar refractivity (Wildman–Crippen MR) is 83.5 cm³/mol. The van der Waals surface area contributed by atoms with E-state index >= 15 is 0 Å². The molecular weight excluding hydrogens is 308 g/mol. The van der Waals surface area contributed by atoms with Crippen molar-refractivity contribution >= 4 is 27.1 Å². The van der Waals surface area contributed by atoms with Crippen LogP contribution in [-0.2, 0) is 21.2 Å². The van der Waals surface area contributed by atoms with Gasteiger partial charge in [0.15, 0.2) is 9.84 Å². The van der Waals surface area contributed by atoms with E-state index in [1.54, 1.807) is 0 Å². The summed E-state index contributed by atoms with van der Waals surface area (Å²) in [6.45, 7) is 0.779. The molecule has 1 aromatic heterocycles. The molecule has 1 amide bonds. The average Bonchev–Trinajstić information content (AvgIpc) is 3.00. The lowest BCUT2D eigenvalue weighted by Crippen LogP contribution is -2.25. The van der Waals surface area contributed by atoms with Crippen LogP contribution in [0.5, 0.6) is 0 Å². The Kier molecular flexibility index (Phi) is 5.39. The van der Waals surface area contributed by atoms with Crippen molar-refractivity contribution in [3.05, 3.63) is 21.9 Å². The topological polar surface area (TPSA) is 89.3 Å². The third kappa shape index (κ3) is 5.16. The van der Waals surface area contributed by atoms with E-state index in [1.807, 2.05) is 12.1 Å². The zero-order valence-corrected chi connectivity index (χ0v) is 13.2. The van der Waals surface area contributed by atoms with Crippen LogP contribution in [0.3, 0.4) is 0 Å². The van der Waals surface area contributed by atoms with Crippen LogP contribution in [0.1, 0.15) is 22.6 Å². The molecule has 1 saturated heterocycles. The Bertz CT molecular complexity index is 668. The van der Waals surface area contributed by atoms with Crippen molar-refractivity contribution in [1.82, 2.24) is 5.32 Å². The van der Waals surface area contributed by atoms with Crippen molar-refractivity contribution in [2.45, 2.75) is 19.4 Å². The summed E-state index contributed by atoms with van der Waals surface area (Å²) < 4.78 is 22.7. The van der Waals surface area contributed by atoms with Gasteiger partial charge in [0.25, 0.3) is 0 Å². The highest BCUT2D eigenvalue weighted by Gasteiger charge is 2.29. The first-order chi connectivity index (χ1) is 9.98. The van der Waals surface area contributed by atoms with E-state index in [-0.39, 0.29) is 29.8 Å². The molecule has 7 heteroatoms. The fraction of sp³-hybridized carbons (Fsp3) is 0.500. The molecule has 0 aromatic carbocycles. The van der Waals surface area contributed by atoms with Crippen molar-refractivity contribution in [3.63, 3.8) is 0 Å². The van der Waals surface area contributed by atoms with Gasteiger partial charge in [-0.1, -0.05) is 11.8 Å². The van der Waals surface area contributed by atoms with Gasteiger partial charge in [-0.05, 0) is 24.5 Å². The minimum absolute atomic E-state index is 0.0377. The smallest absolute Gasteiger partial charge is 0.220 e. The Labute approximate surface area is 128 Å². The van der Waals surface area contributed by atoms with Crippen LogP contribution in [0.2, 0.25) is 0 Å². The Morgan fingerprint density at radius 2 is 2.29 bits per heavy atom. The van der Waals surface area contributed by atoms with Crippen LogP contribution in [0.25, 0.3) is 0 Å². The van der Waals surface area contributed by atoms with Gasteiger partial charge in [-0.15, -0.1) is 11.3 Å². The highest BCUT2D eigenvalue weighted by molar-refractivity contribution is 7.91. The maximum atomic E-state index is 11.8. The first kappa shape index (κ1) is 16.0. The van der Waals surface area contributed by atoms with E-state index in [2.05, 4.69) is 17.2 Å². The summed E-state index contributed by atoms with van der Waals surface area (Å²) in [7, 11) is -2.92. The van der Waals surface area contributed by atoms with Crippen LogP contribution in [0.15, 0.2) is 12.1 Å². The molecule has 1 aliphatic rings. The normalized spacial score (nSPS) is 19.8. The molecule has 1 fully saturated rings. The molecule has 5 nitrogen and oxygen atoms in total. The lowest BCUT2D eigenvalue weighted by molar-refractivity contribution is -0.122. The fourth-order valence-electron chi connectivity index (χ4n) is 2.23. The summed E-state index contributed by atoms with van der Waals surface area (Å²) in [5.74, 6) is 5.94. The zero-order valence-electron chi connectivity index (χ0n) is 11.6. The Morgan fingerprint density at radius 3 is 2.95 bits per heavy atom. The van der Waals surface area contributed by atoms with E-state index in [1.165, 1.54) is 11.3 Å². The van der Waals surface area contributed by atoms with Crippen molar-refractivity contribution in [1.29, 1.82) is 0 Å². The number of hydrogen-bond donors (Lipinski definition) is 2. The van der Waals surface area contributed by atoms with E-state index in [9.17, 15) is 13.2 Å². The minimum atomic E-state index is -2.92. The molecule has 0 spiro atoms. The average molecular weight is 326 g/mol. The number of nitrogens with two attached hydrogens (primary N) is 1. The summed E-state index contributed by atoms with van der Waals surface area (Å²) in [6, 6.07) is 3.82. The molecule has 1 atom stereocenters. The molecule has 114 valence electrons. The van der Waals surface area contributed by atoms with Crippen molar-refractivity contribution < 1.29 is 13.2 Å². The number of thiophene rings is 1. The van der Waals surface area contributed by atoms with E-state index in [0.29, 0.717) is 19.5 Å². The molecule has 2 heterocycles. The van der Waals surface area contributed by atoms with E-state index < -0.39 is 9.84 Å². The molecule has 21 heavy (non-hydrogen) atoms. The Hall–Kier alpha value is -1.36. The quantitative estimate of drug-likeness (QED) is 0.789. The monoisotopic (exact) mass is 326 g/mol. The van der Waals surface area contributed by atoms with Crippen LogP contribution >= 0.6 is 11.3 Å². The van der Waals surface area contributed by atoms with Gasteiger partial charge >= 0.3 is 0 Å². The van der Waals surface area contributed by atoms with Gasteiger partial charge in [0.2, 0.25) is 5.91 Å². The van der Waals surface area contributed by atoms with Gasteiger partial charge < -0.3 is 11.1 Å². The molecule has 2 rings (SSSR count). The maximum absolute atomic E-state index is 11.8. The second kappa shape index (κ2) is 7.07. The van der Waals surface area contributed by atoms with Gasteiger partial charge in [-0.3, -0.25) is 4.79 Å². The number of sulfone groups is 1. The summed E-state index contributed by atoms with van der Waals surface area (Å²) in [4.78, 5) is 13.8. The maximum Gasteiger partial charge on any atom is 0.220 e. The largest absolute Gasteiger partial charge is 0.351 e. The minimum Gasteiger partial charge on any atom is -0.351 e. The van der Waals surface area contributed by atoms with E-state index in [4.69, 9.17) is 5.73 Å². The number of amides is 1. The third-order valence-electron chi connectivity index (χ3n) is 3.24. The molecular formula is C14H18N2O3S2. The zero-order chi connectivity index (χ0) is 15.3. The third-order valence-corrected chi connectivity index (χ3v) is 6.07. The molecule has 1 unspecified atom stereocenters. The van der Waals surface area contributed by atoms with Gasteiger partial charge in [-0.25, -0.2) is 8.42 Å². The summed E-state index contributed by atoms with van der Waals surface area (Å²) in [5.41, 5.74) is 5.31. The fourth-order valence-corrected chi connectivity index (χ4v) is 4.92. The summed E-state index contributed by atoms with van der Waals surface area (Å²) >= 11 is 1.52. The second-order valence-electron chi connectivity index (χ2n) is 5.02. The van der Waals surface area contributed by atoms with E-state index in [0.717, 1.165) is 9.75 Å². The Balaban J connectivity index is 1.78. The van der Waals surface area contributed by atoms with Crippen molar-refractivity contribution in [3.8, 4) is 11.8 Å². The summed E-state index contributed by atoms with van der Waals surface area (Å²) in [6.07, 6.45) is 0.873. The molecule has 1 aromatic rings. The molecule has 0 saturated carbocycles. The van der Waals surface area contributed by atoms with Crippen LogP contribution in [-0.4, -0.2) is 32.4 Å². The van der Waals surface area contributed by atoms with Crippen molar-refractivity contribution in [2.24, 2.45) is 11.7 Å². The lowest BCUT2D eigenvalue weighted by Gasteiger charge is -2.07. The van der Waals surface area contributed by atoms with Crippen LogP contribution in [0, 0.1) is 17.8 Å². The molecule has 1 aliphatic heterocycles. The second-order valence-corrected chi connectivity index (χ2v) is 8.42. The highest BCUT2D eigenvalue weighted by Crippen LogP contribution is 2.21. The van der Waals surface area contributed by atoms with Gasteiger partial charge in [0, 0.05) is 11.3 Å². The highest BCUT2D eigenvalue weighted by atomic mass is 32.2. The Morgan fingerprint density at radius 1 is 1.48 bits per heavy atom. The van der Waals surface area contributed by atoms with Gasteiger partial charge in [0.05, 0.1) is 29.5 Å². The van der Waals surface area contributed by atoms with Crippen LogP contribution in [0.4, 0.5) is 0 Å². The standard InChI is InChI=1S/C14H18N2O3S2/c15-6-1-2-12-3-4-13(20-12)9-16-14(17)8-11-5-7-21(18,19)10-11/h3-4,11H,5-10,15H2,(H,16,17). The van der Waals surface area contributed by atoms with Crippen LogP contribution < -0.4 is 11.1 Å². The number of hydrogen-bond acceptors (Lipinski definition) is 5. The number of carbonyl (C=O) groups is 1. The molecule has 0 radical (unpaired) electrons. The van der Waals surface area contributed by atoms with Crippen molar-refractivity contribution in [2.75, 3.05) is 18.1 Å².